The number of pyridine rings is 2. The van der Waals surface area contributed by atoms with Crippen LogP contribution in [0.4, 0.5) is 11.5 Å². The van der Waals surface area contributed by atoms with Gasteiger partial charge in [-0.15, -0.1) is 0 Å². The number of amides is 1. The number of fused-ring (bicyclic) bond motifs is 1. The second-order valence-electron chi connectivity index (χ2n) is 5.73. The van der Waals surface area contributed by atoms with Gasteiger partial charge >= 0.3 is 0 Å². The molecule has 0 aliphatic carbocycles. The molecular formula is C17H19N5O. The van der Waals surface area contributed by atoms with Gasteiger partial charge in [0.05, 0.1) is 5.69 Å². The molecule has 0 spiro atoms. The second-order valence-corrected chi connectivity index (χ2v) is 5.73. The molecule has 6 nitrogen and oxygen atoms in total. The Kier molecular flexibility index (Phi) is 3.73. The highest BCUT2D eigenvalue weighted by Crippen LogP contribution is 2.30. The van der Waals surface area contributed by atoms with Crippen LogP contribution in [0.5, 0.6) is 0 Å². The number of anilines is 2. The van der Waals surface area contributed by atoms with Gasteiger partial charge in [0.1, 0.15) is 11.5 Å². The molecule has 1 amide bonds. The third-order valence-corrected chi connectivity index (χ3v) is 3.67. The fraction of sp³-hybridized carbons (Fsp3) is 0.235. The van der Waals surface area contributed by atoms with E-state index in [1.807, 2.05) is 44.0 Å². The molecule has 3 rings (SSSR count). The minimum atomic E-state index is -0.138. The molecule has 0 fully saturated rings. The highest BCUT2D eigenvalue weighted by Gasteiger charge is 2.11. The van der Waals surface area contributed by atoms with Crippen molar-refractivity contribution in [3.63, 3.8) is 0 Å². The number of aryl methyl sites for hydroxylation is 1. The summed E-state index contributed by atoms with van der Waals surface area (Å²) in [5.74, 6) is 0.400. The lowest BCUT2D eigenvalue weighted by Crippen LogP contribution is -2.07. The van der Waals surface area contributed by atoms with Crippen molar-refractivity contribution in [2.75, 3.05) is 24.3 Å². The average Bonchev–Trinajstić information content (AvgIpc) is 2.84. The molecule has 0 atom stereocenters. The van der Waals surface area contributed by atoms with Gasteiger partial charge in [-0.3, -0.25) is 4.79 Å². The van der Waals surface area contributed by atoms with Crippen molar-refractivity contribution < 1.29 is 4.79 Å². The Morgan fingerprint density at radius 2 is 2.00 bits per heavy atom. The average molecular weight is 309 g/mol. The van der Waals surface area contributed by atoms with Crippen molar-refractivity contribution in [2.45, 2.75) is 6.92 Å². The Morgan fingerprint density at radius 3 is 2.70 bits per heavy atom. The Bertz CT molecular complexity index is 882. The molecule has 0 aliphatic rings. The van der Waals surface area contributed by atoms with Crippen LogP contribution in [-0.4, -0.2) is 34.5 Å². The number of carbonyl (C=O) groups excluding carboxylic acids is 1. The summed E-state index contributed by atoms with van der Waals surface area (Å²) in [6.45, 7) is 1.47. The van der Waals surface area contributed by atoms with Crippen molar-refractivity contribution in [1.29, 1.82) is 0 Å². The summed E-state index contributed by atoms with van der Waals surface area (Å²) in [5.41, 5.74) is 4.01. The zero-order chi connectivity index (χ0) is 16.6. The first-order valence-electron chi connectivity index (χ1n) is 7.32. The number of hydrogen-bond acceptors (Lipinski definition) is 4. The van der Waals surface area contributed by atoms with Crippen molar-refractivity contribution in [3.05, 3.63) is 36.8 Å². The van der Waals surface area contributed by atoms with Crippen LogP contribution in [0.1, 0.15) is 6.92 Å². The molecule has 3 aromatic rings. The second kappa shape index (κ2) is 5.72. The molecule has 0 unspecified atom stereocenters. The largest absolute Gasteiger partial charge is 0.376 e. The van der Waals surface area contributed by atoms with Crippen LogP contribution < -0.4 is 10.2 Å². The van der Waals surface area contributed by atoms with Gasteiger partial charge in [0, 0.05) is 57.6 Å². The van der Waals surface area contributed by atoms with Gasteiger partial charge in [-0.2, -0.15) is 0 Å². The Balaban J connectivity index is 2.10. The van der Waals surface area contributed by atoms with E-state index >= 15 is 0 Å². The summed E-state index contributed by atoms with van der Waals surface area (Å²) in [5, 5.41) is 3.79. The van der Waals surface area contributed by atoms with Gasteiger partial charge in [0.25, 0.3) is 0 Å². The molecule has 3 aromatic heterocycles. The summed E-state index contributed by atoms with van der Waals surface area (Å²) >= 11 is 0. The molecule has 0 saturated carbocycles. The fourth-order valence-electron chi connectivity index (χ4n) is 2.61. The van der Waals surface area contributed by atoms with Gasteiger partial charge in [-0.1, -0.05) is 0 Å². The number of hydrogen-bond donors (Lipinski definition) is 1. The zero-order valence-electron chi connectivity index (χ0n) is 13.7. The number of aromatic nitrogens is 3. The normalized spacial score (nSPS) is 10.8. The van der Waals surface area contributed by atoms with Crippen molar-refractivity contribution in [2.24, 2.45) is 7.05 Å². The molecule has 0 radical (unpaired) electrons. The molecule has 23 heavy (non-hydrogen) atoms. The van der Waals surface area contributed by atoms with Crippen LogP contribution in [-0.2, 0) is 11.8 Å². The summed E-state index contributed by atoms with van der Waals surface area (Å²) in [7, 11) is 6.02. The first kappa shape index (κ1) is 15.0. The topological polar surface area (TPSA) is 63.1 Å². The van der Waals surface area contributed by atoms with Crippen molar-refractivity contribution >= 4 is 28.4 Å². The summed E-state index contributed by atoms with van der Waals surface area (Å²) in [6, 6.07) is 5.87. The molecule has 0 aliphatic heterocycles. The maximum atomic E-state index is 11.2. The maximum Gasteiger partial charge on any atom is 0.222 e. The van der Waals surface area contributed by atoms with E-state index in [1.54, 1.807) is 6.20 Å². The SMILES string of the molecule is CC(=O)Nc1cc(-c2cnc3c(c2)c(N(C)C)cn3C)ccn1. The number of rotatable bonds is 3. The highest BCUT2D eigenvalue weighted by molar-refractivity contribution is 5.94. The zero-order valence-corrected chi connectivity index (χ0v) is 13.7. The van der Waals surface area contributed by atoms with Gasteiger partial charge < -0.3 is 14.8 Å². The molecule has 1 N–H and O–H groups in total. The Morgan fingerprint density at radius 1 is 1.22 bits per heavy atom. The maximum absolute atomic E-state index is 11.2. The van der Waals surface area contributed by atoms with Gasteiger partial charge in [-0.05, 0) is 23.8 Å². The lowest BCUT2D eigenvalue weighted by Gasteiger charge is -2.10. The van der Waals surface area contributed by atoms with Gasteiger partial charge in [0.15, 0.2) is 0 Å². The highest BCUT2D eigenvalue weighted by atomic mass is 16.1. The van der Waals surface area contributed by atoms with E-state index in [-0.39, 0.29) is 5.91 Å². The van der Waals surface area contributed by atoms with E-state index in [2.05, 4.69) is 32.4 Å². The third-order valence-electron chi connectivity index (χ3n) is 3.67. The summed E-state index contributed by atoms with van der Waals surface area (Å²) in [6.07, 6.45) is 5.59. The quantitative estimate of drug-likeness (QED) is 0.808. The van der Waals surface area contributed by atoms with E-state index in [4.69, 9.17) is 0 Å². The third kappa shape index (κ3) is 2.88. The fourth-order valence-corrected chi connectivity index (χ4v) is 2.61. The molecule has 6 heteroatoms. The smallest absolute Gasteiger partial charge is 0.222 e. The first-order chi connectivity index (χ1) is 11.0. The Labute approximate surface area is 134 Å². The minimum absolute atomic E-state index is 0.138. The van der Waals surface area contributed by atoms with Crippen LogP contribution in [0, 0.1) is 0 Å². The van der Waals surface area contributed by atoms with Crippen LogP contribution in [0.2, 0.25) is 0 Å². The van der Waals surface area contributed by atoms with E-state index < -0.39 is 0 Å². The van der Waals surface area contributed by atoms with E-state index in [0.717, 1.165) is 27.8 Å². The predicted molar refractivity (Wildman–Crippen MR) is 92.6 cm³/mol. The number of nitrogens with one attached hydrogen (secondary N) is 1. The molecule has 0 saturated heterocycles. The monoisotopic (exact) mass is 309 g/mol. The minimum Gasteiger partial charge on any atom is -0.376 e. The van der Waals surface area contributed by atoms with E-state index in [1.165, 1.54) is 6.92 Å². The lowest BCUT2D eigenvalue weighted by atomic mass is 10.1. The molecular weight excluding hydrogens is 290 g/mol. The Hall–Kier alpha value is -2.89. The van der Waals surface area contributed by atoms with Crippen molar-refractivity contribution in [3.8, 4) is 11.1 Å². The van der Waals surface area contributed by atoms with Crippen LogP contribution in [0.3, 0.4) is 0 Å². The molecule has 0 bridgehead atoms. The lowest BCUT2D eigenvalue weighted by molar-refractivity contribution is -0.114. The summed E-state index contributed by atoms with van der Waals surface area (Å²) < 4.78 is 2.02. The summed E-state index contributed by atoms with van der Waals surface area (Å²) in [4.78, 5) is 22.0. The van der Waals surface area contributed by atoms with E-state index in [0.29, 0.717) is 5.82 Å². The molecule has 118 valence electrons. The van der Waals surface area contributed by atoms with E-state index in [9.17, 15) is 4.79 Å². The van der Waals surface area contributed by atoms with Gasteiger partial charge in [0.2, 0.25) is 5.91 Å². The standard InChI is InChI=1S/C17H19N5O/c1-11(23)20-16-8-12(5-6-18-16)13-7-14-15(21(2)3)10-22(4)17(14)19-9-13/h5-10H,1-4H3,(H,18,20,23). The molecule has 0 aromatic carbocycles. The van der Waals surface area contributed by atoms with Crippen LogP contribution in [0.15, 0.2) is 36.8 Å². The van der Waals surface area contributed by atoms with Crippen LogP contribution in [0.25, 0.3) is 22.2 Å². The van der Waals surface area contributed by atoms with Gasteiger partial charge in [-0.25, -0.2) is 9.97 Å². The van der Waals surface area contributed by atoms with Crippen LogP contribution >= 0.6 is 0 Å². The number of carbonyl (C=O) groups is 1. The van der Waals surface area contributed by atoms with Crippen molar-refractivity contribution in [1.82, 2.24) is 14.5 Å². The predicted octanol–water partition coefficient (Wildman–Crippen LogP) is 2.66. The first-order valence-corrected chi connectivity index (χ1v) is 7.32. The molecule has 3 heterocycles. The number of nitrogens with zero attached hydrogens (tertiary/aromatic N) is 4.